The first-order valence-electron chi connectivity index (χ1n) is 3.42. The highest BCUT2D eigenvalue weighted by Crippen LogP contribution is 2.15. The molecule has 0 saturated heterocycles. The van der Waals surface area contributed by atoms with Gasteiger partial charge in [-0.1, -0.05) is 39.4 Å². The maximum atomic E-state index is 5.57. The molecular weight excluding hydrogens is 94.9 g/mol. The third kappa shape index (κ3) is 4.23. The first-order chi connectivity index (χ1) is 3.66. The van der Waals surface area contributed by atoms with Crippen molar-refractivity contribution >= 4 is 7.85 Å². The molecule has 0 N–H and O–H groups in total. The number of hydrogen-bond donors (Lipinski definition) is 0. The lowest BCUT2D eigenvalue weighted by Crippen LogP contribution is -1.95. The summed E-state index contributed by atoms with van der Waals surface area (Å²) in [5.74, 6) is 1.18. The van der Waals surface area contributed by atoms with Crippen LogP contribution in [0, 0.1) is 5.92 Å². The van der Waals surface area contributed by atoms with Gasteiger partial charge in [-0.05, 0) is 5.92 Å². The molecule has 0 aromatic carbocycles. The van der Waals surface area contributed by atoms with Crippen LogP contribution in [0.25, 0.3) is 0 Å². The van der Waals surface area contributed by atoms with Crippen LogP contribution in [0.3, 0.4) is 0 Å². The molecule has 8 heavy (non-hydrogen) atoms. The second kappa shape index (κ2) is 4.00. The summed E-state index contributed by atoms with van der Waals surface area (Å²) in [5, 5.41) is 0. The molecule has 2 radical (unpaired) electrons. The van der Waals surface area contributed by atoms with Crippen LogP contribution in [-0.2, 0) is 0 Å². The lowest BCUT2D eigenvalue weighted by molar-refractivity contribution is 0.509. The van der Waals surface area contributed by atoms with Gasteiger partial charge in [0.05, 0.1) is 7.85 Å². The van der Waals surface area contributed by atoms with E-state index < -0.39 is 0 Å². The zero-order chi connectivity index (χ0) is 6.57. The molecule has 46 valence electrons. The van der Waals surface area contributed by atoms with Crippen LogP contribution in [0.5, 0.6) is 0 Å². The summed E-state index contributed by atoms with van der Waals surface area (Å²) in [5.41, 5.74) is 0. The molecule has 0 aromatic heterocycles. The molecule has 0 amide bonds. The Balaban J connectivity index is 3.10. The van der Waals surface area contributed by atoms with Crippen molar-refractivity contribution in [2.75, 3.05) is 0 Å². The van der Waals surface area contributed by atoms with Crippen molar-refractivity contribution in [3.63, 3.8) is 0 Å². The SMILES string of the molecule is [B]C(C)CC(C)CC. The zero-order valence-corrected chi connectivity index (χ0v) is 6.15. The minimum absolute atomic E-state index is 0.380. The summed E-state index contributed by atoms with van der Waals surface area (Å²) in [7, 11) is 5.57. The molecule has 0 aliphatic carbocycles. The third-order valence-corrected chi connectivity index (χ3v) is 1.47. The van der Waals surface area contributed by atoms with Crippen molar-refractivity contribution in [3.05, 3.63) is 0 Å². The molecule has 0 spiro atoms. The maximum Gasteiger partial charge on any atom is 0.0695 e. The number of hydrogen-bond acceptors (Lipinski definition) is 0. The molecule has 2 unspecified atom stereocenters. The molecule has 0 aliphatic rings. The molecule has 1 heteroatoms. The van der Waals surface area contributed by atoms with E-state index in [2.05, 4.69) is 20.8 Å². The van der Waals surface area contributed by atoms with E-state index in [1.165, 1.54) is 6.42 Å². The first-order valence-corrected chi connectivity index (χ1v) is 3.42. The molecule has 2 atom stereocenters. The molecule has 0 nitrogen and oxygen atoms in total. The molecular formula is C7H15B. The Morgan fingerprint density at radius 1 is 1.38 bits per heavy atom. The van der Waals surface area contributed by atoms with Crippen LogP contribution in [0.15, 0.2) is 0 Å². The van der Waals surface area contributed by atoms with E-state index in [-0.39, 0.29) is 0 Å². The smallest absolute Gasteiger partial charge is 0.0695 e. The van der Waals surface area contributed by atoms with Gasteiger partial charge in [0.2, 0.25) is 0 Å². The van der Waals surface area contributed by atoms with Crippen LogP contribution in [-0.4, -0.2) is 7.85 Å². The Labute approximate surface area is 54.1 Å². The standard InChI is InChI=1S/C7H15B/c1-4-6(2)5-7(3)8/h6-7H,4-5H2,1-3H3. The highest BCUT2D eigenvalue weighted by Gasteiger charge is 1.99. The maximum absolute atomic E-state index is 5.57. The van der Waals surface area contributed by atoms with Crippen molar-refractivity contribution < 1.29 is 0 Å². The zero-order valence-electron chi connectivity index (χ0n) is 6.15. The minimum atomic E-state index is 0.380. The summed E-state index contributed by atoms with van der Waals surface area (Å²) in [4.78, 5) is 0. The van der Waals surface area contributed by atoms with Gasteiger partial charge in [0.1, 0.15) is 0 Å². The molecule has 0 heterocycles. The summed E-state index contributed by atoms with van der Waals surface area (Å²) in [6, 6.07) is 0. The quantitative estimate of drug-likeness (QED) is 0.489. The van der Waals surface area contributed by atoms with Crippen molar-refractivity contribution in [1.82, 2.24) is 0 Å². The second-order valence-corrected chi connectivity index (χ2v) is 2.73. The summed E-state index contributed by atoms with van der Waals surface area (Å²) >= 11 is 0. The van der Waals surface area contributed by atoms with E-state index in [4.69, 9.17) is 7.85 Å². The van der Waals surface area contributed by atoms with Crippen molar-refractivity contribution in [2.45, 2.75) is 39.4 Å². The van der Waals surface area contributed by atoms with Gasteiger partial charge < -0.3 is 0 Å². The van der Waals surface area contributed by atoms with E-state index >= 15 is 0 Å². The summed E-state index contributed by atoms with van der Waals surface area (Å²) in [6.07, 6.45) is 2.41. The monoisotopic (exact) mass is 110 g/mol. The lowest BCUT2D eigenvalue weighted by Gasteiger charge is -2.09. The number of rotatable bonds is 3. The Morgan fingerprint density at radius 3 is 2.00 bits per heavy atom. The van der Waals surface area contributed by atoms with Crippen molar-refractivity contribution in [3.8, 4) is 0 Å². The van der Waals surface area contributed by atoms with E-state index in [1.807, 2.05) is 0 Å². The normalized spacial score (nSPS) is 17.9. The van der Waals surface area contributed by atoms with Crippen molar-refractivity contribution in [1.29, 1.82) is 0 Å². The van der Waals surface area contributed by atoms with Gasteiger partial charge >= 0.3 is 0 Å². The molecule has 0 bridgehead atoms. The minimum Gasteiger partial charge on any atom is -0.0799 e. The predicted molar refractivity (Wildman–Crippen MR) is 39.2 cm³/mol. The fraction of sp³-hybridized carbons (Fsp3) is 1.00. The van der Waals surface area contributed by atoms with Gasteiger partial charge in [-0.2, -0.15) is 0 Å². The van der Waals surface area contributed by atoms with Crippen LogP contribution < -0.4 is 0 Å². The largest absolute Gasteiger partial charge is 0.0799 e. The summed E-state index contributed by atoms with van der Waals surface area (Å²) < 4.78 is 0. The molecule has 0 fully saturated rings. The third-order valence-electron chi connectivity index (χ3n) is 1.47. The fourth-order valence-electron chi connectivity index (χ4n) is 0.801. The summed E-state index contributed by atoms with van der Waals surface area (Å²) in [6.45, 7) is 6.50. The van der Waals surface area contributed by atoms with Crippen LogP contribution in [0.4, 0.5) is 0 Å². The van der Waals surface area contributed by atoms with Crippen LogP contribution >= 0.6 is 0 Å². The molecule has 0 aliphatic heterocycles. The lowest BCUT2D eigenvalue weighted by atomic mass is 9.81. The highest BCUT2D eigenvalue weighted by atomic mass is 14.0. The van der Waals surface area contributed by atoms with Gasteiger partial charge in [0.25, 0.3) is 0 Å². The average molecular weight is 110 g/mol. The van der Waals surface area contributed by atoms with Gasteiger partial charge in [-0.3, -0.25) is 0 Å². The van der Waals surface area contributed by atoms with Gasteiger partial charge in [0, 0.05) is 0 Å². The van der Waals surface area contributed by atoms with Crippen molar-refractivity contribution in [2.24, 2.45) is 5.92 Å². The Kier molecular flexibility index (Phi) is 4.03. The Morgan fingerprint density at radius 2 is 1.88 bits per heavy atom. The van der Waals surface area contributed by atoms with Crippen LogP contribution in [0.2, 0.25) is 5.82 Å². The van der Waals surface area contributed by atoms with Gasteiger partial charge in [-0.15, -0.1) is 0 Å². The van der Waals surface area contributed by atoms with Gasteiger partial charge in [-0.25, -0.2) is 0 Å². The van der Waals surface area contributed by atoms with Gasteiger partial charge in [0.15, 0.2) is 0 Å². The highest BCUT2D eigenvalue weighted by molar-refractivity contribution is 6.11. The topological polar surface area (TPSA) is 0 Å². The van der Waals surface area contributed by atoms with E-state index in [1.54, 1.807) is 0 Å². The van der Waals surface area contributed by atoms with E-state index in [9.17, 15) is 0 Å². The van der Waals surface area contributed by atoms with Crippen LogP contribution in [0.1, 0.15) is 33.6 Å². The average Bonchev–Trinajstić information content (AvgIpc) is 1.65. The molecule has 0 rings (SSSR count). The Bertz CT molecular complexity index is 50.3. The fourth-order valence-corrected chi connectivity index (χ4v) is 0.801. The molecule has 0 aromatic rings. The Hall–Kier alpha value is 0.0649. The second-order valence-electron chi connectivity index (χ2n) is 2.73. The predicted octanol–water partition coefficient (Wildman–Crippen LogP) is 2.40. The first kappa shape index (κ1) is 8.06. The van der Waals surface area contributed by atoms with E-state index in [0.29, 0.717) is 5.82 Å². The molecule has 0 saturated carbocycles. The van der Waals surface area contributed by atoms with E-state index in [0.717, 1.165) is 12.3 Å².